The number of hydrogen-bond donors (Lipinski definition) is 7. The van der Waals surface area contributed by atoms with Gasteiger partial charge in [-0.1, -0.05) is 12.8 Å². The molecule has 0 bridgehead atoms. The van der Waals surface area contributed by atoms with Gasteiger partial charge in [-0.3, -0.25) is 9.59 Å². The summed E-state index contributed by atoms with van der Waals surface area (Å²) in [4.78, 5) is 23.4. The van der Waals surface area contributed by atoms with Crippen LogP contribution in [0.5, 0.6) is 0 Å². The average Bonchev–Trinajstić information content (AvgIpc) is 2.60. The van der Waals surface area contributed by atoms with E-state index < -0.39 is 12.1 Å². The van der Waals surface area contributed by atoms with Gasteiger partial charge in [-0.2, -0.15) is 0 Å². The monoisotopic (exact) mass is 359 g/mol. The van der Waals surface area contributed by atoms with Crippen LogP contribution >= 0.6 is 0 Å². The normalized spacial score (nSPS) is 13.3. The van der Waals surface area contributed by atoms with E-state index >= 15 is 0 Å². The highest BCUT2D eigenvalue weighted by Crippen LogP contribution is 1.98. The van der Waals surface area contributed by atoms with Crippen molar-refractivity contribution < 1.29 is 9.59 Å². The van der Waals surface area contributed by atoms with Gasteiger partial charge in [0.1, 0.15) is 0 Å². The summed E-state index contributed by atoms with van der Waals surface area (Å²) in [5.74, 6) is -0.286. The third kappa shape index (κ3) is 13.7. The molecule has 2 amide bonds. The molecule has 9 heteroatoms. The van der Waals surface area contributed by atoms with E-state index in [1.165, 1.54) is 0 Å². The van der Waals surface area contributed by atoms with Crippen molar-refractivity contribution in [2.45, 2.75) is 50.6 Å². The predicted molar refractivity (Wildman–Crippen MR) is 101 cm³/mol. The Morgan fingerprint density at radius 2 is 1.08 bits per heavy atom. The zero-order valence-corrected chi connectivity index (χ0v) is 15.3. The lowest BCUT2D eigenvalue weighted by Crippen LogP contribution is -2.45. The molecule has 148 valence electrons. The van der Waals surface area contributed by atoms with Crippen molar-refractivity contribution in [3.05, 3.63) is 0 Å². The number of amides is 2. The van der Waals surface area contributed by atoms with Gasteiger partial charge in [0.15, 0.2) is 0 Å². The molecule has 0 aliphatic heterocycles. The molecule has 0 spiro atoms. The molecule has 0 aliphatic rings. The molecule has 0 aliphatic carbocycles. The Hall–Kier alpha value is -1.26. The number of carbonyl (C=O) groups excluding carboxylic acids is 2. The fourth-order valence-corrected chi connectivity index (χ4v) is 2.21. The van der Waals surface area contributed by atoms with E-state index in [0.29, 0.717) is 52.1 Å². The number of rotatable bonds is 16. The maximum atomic E-state index is 11.7. The molecular weight excluding hydrogens is 322 g/mol. The molecule has 0 saturated heterocycles. The second-order valence-corrected chi connectivity index (χ2v) is 6.11. The lowest BCUT2D eigenvalue weighted by Gasteiger charge is -2.13. The highest BCUT2D eigenvalue weighted by Gasteiger charge is 2.12. The smallest absolute Gasteiger partial charge is 0.236 e. The van der Waals surface area contributed by atoms with Crippen molar-refractivity contribution in [1.82, 2.24) is 16.0 Å². The van der Waals surface area contributed by atoms with Gasteiger partial charge in [-0.05, 0) is 38.8 Å². The van der Waals surface area contributed by atoms with Gasteiger partial charge in [0.05, 0.1) is 12.1 Å². The Morgan fingerprint density at radius 1 is 0.680 bits per heavy atom. The molecule has 0 heterocycles. The van der Waals surface area contributed by atoms with Gasteiger partial charge in [0, 0.05) is 26.2 Å². The van der Waals surface area contributed by atoms with Gasteiger partial charge in [0.25, 0.3) is 0 Å². The van der Waals surface area contributed by atoms with E-state index in [-0.39, 0.29) is 11.8 Å². The molecule has 25 heavy (non-hydrogen) atoms. The average molecular weight is 360 g/mol. The minimum absolute atomic E-state index is 0.143. The predicted octanol–water partition coefficient (Wildman–Crippen LogP) is -2.28. The SMILES string of the molecule is NCCCC[C@H](N)C(=O)NCCNCCNC(=O)[C@@H](N)CCCCN. The van der Waals surface area contributed by atoms with Crippen molar-refractivity contribution in [3.8, 4) is 0 Å². The zero-order valence-electron chi connectivity index (χ0n) is 15.3. The van der Waals surface area contributed by atoms with E-state index in [1.807, 2.05) is 0 Å². The fraction of sp³-hybridized carbons (Fsp3) is 0.875. The van der Waals surface area contributed by atoms with Crippen molar-refractivity contribution in [2.75, 3.05) is 39.3 Å². The molecule has 0 saturated carbocycles. The fourth-order valence-electron chi connectivity index (χ4n) is 2.21. The first kappa shape index (κ1) is 23.7. The van der Waals surface area contributed by atoms with E-state index in [9.17, 15) is 9.59 Å². The zero-order chi connectivity index (χ0) is 18.9. The van der Waals surface area contributed by atoms with Crippen molar-refractivity contribution in [1.29, 1.82) is 0 Å². The van der Waals surface area contributed by atoms with Crippen molar-refractivity contribution in [3.63, 3.8) is 0 Å². The number of nitrogens with two attached hydrogens (primary N) is 4. The van der Waals surface area contributed by atoms with E-state index in [0.717, 1.165) is 25.7 Å². The first-order chi connectivity index (χ1) is 12.0. The number of carbonyl (C=O) groups is 2. The van der Waals surface area contributed by atoms with Crippen LogP contribution in [0.25, 0.3) is 0 Å². The highest BCUT2D eigenvalue weighted by molar-refractivity contribution is 5.81. The lowest BCUT2D eigenvalue weighted by atomic mass is 10.1. The van der Waals surface area contributed by atoms with Crippen LogP contribution in [-0.2, 0) is 9.59 Å². The second kappa shape index (κ2) is 16.2. The van der Waals surface area contributed by atoms with Gasteiger partial charge >= 0.3 is 0 Å². The first-order valence-electron chi connectivity index (χ1n) is 9.20. The van der Waals surface area contributed by atoms with Crippen molar-refractivity contribution in [2.24, 2.45) is 22.9 Å². The summed E-state index contributed by atoms with van der Waals surface area (Å²) in [6.07, 6.45) is 4.77. The summed E-state index contributed by atoms with van der Waals surface area (Å²) < 4.78 is 0. The van der Waals surface area contributed by atoms with Crippen LogP contribution in [0.4, 0.5) is 0 Å². The lowest BCUT2D eigenvalue weighted by molar-refractivity contribution is -0.123. The molecule has 11 N–H and O–H groups in total. The molecule has 0 aromatic carbocycles. The first-order valence-corrected chi connectivity index (χ1v) is 9.20. The standard InChI is InChI=1S/C16H37N7O2/c17-7-3-1-5-13(19)15(24)22-11-9-21-10-12-23-16(25)14(20)6-2-4-8-18/h13-14,21H,1-12,17-20H2,(H,22,24)(H,23,25)/t13-,14-/m0/s1. The number of hydrogen-bond acceptors (Lipinski definition) is 7. The van der Waals surface area contributed by atoms with E-state index in [2.05, 4.69) is 16.0 Å². The summed E-state index contributed by atoms with van der Waals surface area (Å²) in [5, 5.41) is 8.70. The molecule has 2 atom stereocenters. The van der Waals surface area contributed by atoms with Gasteiger partial charge in [-0.25, -0.2) is 0 Å². The summed E-state index contributed by atoms with van der Waals surface area (Å²) in [6.45, 7) is 3.45. The second-order valence-electron chi connectivity index (χ2n) is 6.11. The van der Waals surface area contributed by atoms with Crippen LogP contribution in [-0.4, -0.2) is 63.2 Å². The molecular formula is C16H37N7O2. The van der Waals surface area contributed by atoms with Crippen LogP contribution < -0.4 is 38.9 Å². The van der Waals surface area contributed by atoms with Crippen LogP contribution in [0, 0.1) is 0 Å². The minimum atomic E-state index is -0.480. The molecule has 0 aromatic rings. The highest BCUT2D eigenvalue weighted by atomic mass is 16.2. The molecule has 9 nitrogen and oxygen atoms in total. The summed E-state index contributed by atoms with van der Waals surface area (Å²) in [6, 6.07) is -0.960. The molecule has 0 radical (unpaired) electrons. The third-order valence-corrected chi connectivity index (χ3v) is 3.81. The molecule has 0 unspecified atom stereocenters. The van der Waals surface area contributed by atoms with Crippen LogP contribution in [0.15, 0.2) is 0 Å². The number of unbranched alkanes of at least 4 members (excludes halogenated alkanes) is 2. The number of nitrogens with one attached hydrogen (secondary N) is 3. The van der Waals surface area contributed by atoms with Gasteiger partial charge in [0.2, 0.25) is 11.8 Å². The van der Waals surface area contributed by atoms with E-state index in [4.69, 9.17) is 22.9 Å². The van der Waals surface area contributed by atoms with Crippen LogP contribution in [0.2, 0.25) is 0 Å². The Balaban J connectivity index is 3.54. The summed E-state index contributed by atoms with van der Waals surface area (Å²) >= 11 is 0. The molecule has 0 aromatic heterocycles. The summed E-state index contributed by atoms with van der Waals surface area (Å²) in [7, 11) is 0. The summed E-state index contributed by atoms with van der Waals surface area (Å²) in [5.41, 5.74) is 22.4. The maximum Gasteiger partial charge on any atom is 0.236 e. The van der Waals surface area contributed by atoms with E-state index in [1.54, 1.807) is 0 Å². The Morgan fingerprint density at radius 3 is 1.44 bits per heavy atom. The van der Waals surface area contributed by atoms with Gasteiger partial charge < -0.3 is 38.9 Å². The third-order valence-electron chi connectivity index (χ3n) is 3.81. The topological polar surface area (TPSA) is 174 Å². The quantitative estimate of drug-likeness (QED) is 0.152. The Labute approximate surface area is 151 Å². The largest absolute Gasteiger partial charge is 0.353 e. The Bertz CT molecular complexity index is 323. The molecule has 0 rings (SSSR count). The molecule has 0 fully saturated rings. The van der Waals surface area contributed by atoms with Gasteiger partial charge in [-0.15, -0.1) is 0 Å². The van der Waals surface area contributed by atoms with Crippen LogP contribution in [0.3, 0.4) is 0 Å². The Kier molecular flexibility index (Phi) is 15.4. The van der Waals surface area contributed by atoms with Crippen molar-refractivity contribution >= 4 is 11.8 Å². The van der Waals surface area contributed by atoms with Crippen LogP contribution in [0.1, 0.15) is 38.5 Å². The maximum absolute atomic E-state index is 11.7. The minimum Gasteiger partial charge on any atom is -0.353 e.